The third-order valence-corrected chi connectivity index (χ3v) is 2.30. The number of fused-ring (bicyclic) bond motifs is 1. The number of nitrogens with zero attached hydrogens (tertiary/aromatic N) is 3. The topological polar surface area (TPSA) is 81.9 Å². The van der Waals surface area contributed by atoms with Crippen molar-refractivity contribution in [2.45, 2.75) is 19.9 Å². The molecule has 86 valence electrons. The summed E-state index contributed by atoms with van der Waals surface area (Å²) in [6.45, 7) is 2.45. The Hall–Kier alpha value is -2.05. The third-order valence-electron chi connectivity index (χ3n) is 2.30. The van der Waals surface area contributed by atoms with Gasteiger partial charge in [-0.2, -0.15) is 4.73 Å². The van der Waals surface area contributed by atoms with Crippen LogP contribution in [0, 0.1) is 0 Å². The van der Waals surface area contributed by atoms with Crippen LogP contribution in [0.3, 0.4) is 0 Å². The third kappa shape index (κ3) is 1.40. The Labute approximate surface area is 90.3 Å². The first-order chi connectivity index (χ1) is 7.69. The fraction of sp³-hybridized carbons (Fsp3) is 0.444. The van der Waals surface area contributed by atoms with E-state index in [0.29, 0.717) is 12.2 Å². The van der Waals surface area contributed by atoms with Crippen LogP contribution >= 0.6 is 0 Å². The number of hydrogen-bond donors (Lipinski definition) is 1. The highest BCUT2D eigenvalue weighted by atomic mass is 16.6. The number of hydrogen-bond acceptors (Lipinski definition) is 4. The molecule has 0 fully saturated rings. The van der Waals surface area contributed by atoms with Gasteiger partial charge >= 0.3 is 5.69 Å². The number of rotatable bonds is 3. The minimum atomic E-state index is -0.494. The molecule has 0 aromatic carbocycles. The van der Waals surface area contributed by atoms with Gasteiger partial charge in [0.2, 0.25) is 0 Å². The van der Waals surface area contributed by atoms with Crippen molar-refractivity contribution in [2.24, 2.45) is 0 Å². The molecular formula is C9H12N4O3. The standard InChI is InChI=1S/C9H12N4O3/c1-3-4-12-7-6(8(14)11-9(12)15)13(16-2)5-10-7/h5H,3-4H2,1-2H3,(H,11,14,15). The molecule has 0 atom stereocenters. The molecular weight excluding hydrogens is 212 g/mol. The van der Waals surface area contributed by atoms with Gasteiger partial charge in [0.05, 0.1) is 0 Å². The first kappa shape index (κ1) is 10.5. The van der Waals surface area contributed by atoms with Crippen molar-refractivity contribution < 1.29 is 4.84 Å². The van der Waals surface area contributed by atoms with Gasteiger partial charge < -0.3 is 4.84 Å². The van der Waals surface area contributed by atoms with Crippen LogP contribution in [0.25, 0.3) is 11.2 Å². The summed E-state index contributed by atoms with van der Waals surface area (Å²) in [4.78, 5) is 34.3. The molecule has 0 saturated heterocycles. The Morgan fingerprint density at radius 2 is 2.25 bits per heavy atom. The van der Waals surface area contributed by atoms with Crippen molar-refractivity contribution in [2.75, 3.05) is 7.11 Å². The lowest BCUT2D eigenvalue weighted by atomic mass is 10.4. The van der Waals surface area contributed by atoms with E-state index in [2.05, 4.69) is 9.97 Å². The van der Waals surface area contributed by atoms with Gasteiger partial charge in [-0.15, -0.1) is 0 Å². The smallest absolute Gasteiger partial charge is 0.330 e. The molecule has 0 aliphatic rings. The molecule has 0 spiro atoms. The summed E-state index contributed by atoms with van der Waals surface area (Å²) in [5, 5.41) is 0. The number of imidazole rings is 1. The molecule has 2 rings (SSSR count). The summed E-state index contributed by atoms with van der Waals surface area (Å²) in [6, 6.07) is 0. The van der Waals surface area contributed by atoms with E-state index in [1.54, 1.807) is 0 Å². The number of nitrogens with one attached hydrogen (secondary N) is 1. The Bertz CT molecular complexity index is 622. The van der Waals surface area contributed by atoms with Gasteiger partial charge in [0.25, 0.3) is 5.56 Å². The Balaban J connectivity index is 2.86. The average Bonchev–Trinajstić information content (AvgIpc) is 2.68. The lowest BCUT2D eigenvalue weighted by Crippen LogP contribution is -2.31. The van der Waals surface area contributed by atoms with Gasteiger partial charge in [-0.3, -0.25) is 14.3 Å². The minimum absolute atomic E-state index is 0.246. The summed E-state index contributed by atoms with van der Waals surface area (Å²) in [7, 11) is 1.43. The number of aromatic nitrogens is 4. The summed E-state index contributed by atoms with van der Waals surface area (Å²) < 4.78 is 2.66. The van der Waals surface area contributed by atoms with E-state index in [4.69, 9.17) is 4.84 Å². The van der Waals surface area contributed by atoms with Crippen molar-refractivity contribution in [3.05, 3.63) is 27.2 Å². The molecule has 0 saturated carbocycles. The van der Waals surface area contributed by atoms with Crippen LogP contribution in [0.15, 0.2) is 15.9 Å². The first-order valence-electron chi connectivity index (χ1n) is 4.93. The molecule has 2 heterocycles. The van der Waals surface area contributed by atoms with Gasteiger partial charge in [0, 0.05) is 6.54 Å². The van der Waals surface area contributed by atoms with Crippen LogP contribution in [-0.2, 0) is 6.54 Å². The molecule has 0 radical (unpaired) electrons. The maximum absolute atomic E-state index is 11.6. The summed E-state index contributed by atoms with van der Waals surface area (Å²) in [5.41, 5.74) is -0.347. The second-order valence-electron chi connectivity index (χ2n) is 3.34. The zero-order chi connectivity index (χ0) is 11.7. The molecule has 2 aromatic heterocycles. The maximum atomic E-state index is 11.6. The van der Waals surface area contributed by atoms with Crippen molar-refractivity contribution in [1.82, 2.24) is 19.3 Å². The highest BCUT2D eigenvalue weighted by molar-refractivity contribution is 5.69. The van der Waals surface area contributed by atoms with Gasteiger partial charge in [-0.05, 0) is 6.42 Å². The van der Waals surface area contributed by atoms with E-state index >= 15 is 0 Å². The number of H-pyrrole nitrogens is 1. The zero-order valence-electron chi connectivity index (χ0n) is 9.06. The predicted octanol–water partition coefficient (Wildman–Crippen LogP) is -0.645. The lowest BCUT2D eigenvalue weighted by molar-refractivity contribution is 0.177. The molecule has 1 N–H and O–H groups in total. The Morgan fingerprint density at radius 3 is 2.88 bits per heavy atom. The average molecular weight is 224 g/mol. The fourth-order valence-corrected chi connectivity index (χ4v) is 1.61. The largest absolute Gasteiger partial charge is 0.415 e. The molecule has 2 aromatic rings. The second-order valence-corrected chi connectivity index (χ2v) is 3.34. The lowest BCUT2D eigenvalue weighted by Gasteiger charge is -2.04. The van der Waals surface area contributed by atoms with Crippen molar-refractivity contribution in [1.29, 1.82) is 0 Å². The van der Waals surface area contributed by atoms with Crippen LogP contribution in [0.2, 0.25) is 0 Å². The molecule has 16 heavy (non-hydrogen) atoms. The molecule has 0 aliphatic heterocycles. The summed E-state index contributed by atoms with van der Waals surface area (Å²) in [5.74, 6) is 0. The maximum Gasteiger partial charge on any atom is 0.330 e. The van der Waals surface area contributed by atoms with Crippen molar-refractivity contribution in [3.63, 3.8) is 0 Å². The normalized spacial score (nSPS) is 10.9. The molecule has 0 amide bonds. The van der Waals surface area contributed by atoms with Crippen LogP contribution in [-0.4, -0.2) is 26.4 Å². The summed E-state index contributed by atoms with van der Waals surface area (Å²) >= 11 is 0. The fourth-order valence-electron chi connectivity index (χ4n) is 1.61. The van der Waals surface area contributed by atoms with Crippen LogP contribution in [0.5, 0.6) is 0 Å². The van der Waals surface area contributed by atoms with E-state index in [0.717, 1.165) is 6.42 Å². The van der Waals surface area contributed by atoms with E-state index in [1.165, 1.54) is 22.7 Å². The Morgan fingerprint density at radius 1 is 1.50 bits per heavy atom. The van der Waals surface area contributed by atoms with E-state index < -0.39 is 11.2 Å². The highest BCUT2D eigenvalue weighted by Crippen LogP contribution is 2.04. The van der Waals surface area contributed by atoms with E-state index in [1.807, 2.05) is 6.92 Å². The van der Waals surface area contributed by atoms with Crippen LogP contribution < -0.4 is 16.1 Å². The predicted molar refractivity (Wildman–Crippen MR) is 57.4 cm³/mol. The monoisotopic (exact) mass is 224 g/mol. The van der Waals surface area contributed by atoms with Gasteiger partial charge in [0.1, 0.15) is 13.4 Å². The highest BCUT2D eigenvalue weighted by Gasteiger charge is 2.12. The van der Waals surface area contributed by atoms with E-state index in [-0.39, 0.29) is 5.52 Å². The van der Waals surface area contributed by atoms with Gasteiger partial charge in [-0.25, -0.2) is 9.78 Å². The molecule has 0 unspecified atom stereocenters. The van der Waals surface area contributed by atoms with Gasteiger partial charge in [-0.1, -0.05) is 6.92 Å². The SMILES string of the molecule is CCCn1c(=O)[nH]c(=O)c2c1ncn2OC. The van der Waals surface area contributed by atoms with E-state index in [9.17, 15) is 9.59 Å². The Kier molecular flexibility index (Phi) is 2.51. The molecule has 0 bridgehead atoms. The van der Waals surface area contributed by atoms with Crippen LogP contribution in [0.4, 0.5) is 0 Å². The first-order valence-corrected chi connectivity index (χ1v) is 4.93. The zero-order valence-corrected chi connectivity index (χ0v) is 9.06. The van der Waals surface area contributed by atoms with Crippen molar-refractivity contribution in [3.8, 4) is 0 Å². The minimum Gasteiger partial charge on any atom is -0.415 e. The molecule has 0 aliphatic carbocycles. The molecule has 7 nitrogen and oxygen atoms in total. The number of aromatic amines is 1. The van der Waals surface area contributed by atoms with Crippen LogP contribution in [0.1, 0.15) is 13.3 Å². The quantitative estimate of drug-likeness (QED) is 0.751. The second kappa shape index (κ2) is 3.84. The molecule has 7 heteroatoms. The summed E-state index contributed by atoms with van der Waals surface area (Å²) in [6.07, 6.45) is 2.15. The van der Waals surface area contributed by atoms with Crippen molar-refractivity contribution >= 4 is 11.2 Å². The number of aryl methyl sites for hydroxylation is 1. The van der Waals surface area contributed by atoms with Gasteiger partial charge in [0.15, 0.2) is 11.2 Å².